The van der Waals surface area contributed by atoms with Crippen molar-refractivity contribution in [1.82, 2.24) is 0 Å². The molecule has 0 spiro atoms. The van der Waals surface area contributed by atoms with Gasteiger partial charge in [0.05, 0.1) is 29.6 Å². The van der Waals surface area contributed by atoms with Crippen LogP contribution >= 0.6 is 11.3 Å². The van der Waals surface area contributed by atoms with Crippen LogP contribution in [-0.4, -0.2) is 19.9 Å². The van der Waals surface area contributed by atoms with Crippen LogP contribution < -0.4 is 35.7 Å². The van der Waals surface area contributed by atoms with E-state index >= 15 is 0 Å². The van der Waals surface area contributed by atoms with Gasteiger partial charge in [0.2, 0.25) is 0 Å². The van der Waals surface area contributed by atoms with Crippen molar-refractivity contribution >= 4 is 78.0 Å². The van der Waals surface area contributed by atoms with Crippen LogP contribution in [0.15, 0.2) is 103 Å². The van der Waals surface area contributed by atoms with Gasteiger partial charge < -0.3 is 19.3 Å². The summed E-state index contributed by atoms with van der Waals surface area (Å²) in [5.74, 6) is 1.63. The molecule has 4 nitrogen and oxygen atoms in total. The smallest absolute Gasteiger partial charge is 0.254 e. The van der Waals surface area contributed by atoms with Gasteiger partial charge in [0, 0.05) is 39.8 Å². The number of benzene rings is 6. The molecule has 0 atom stereocenters. The molecule has 3 aliphatic heterocycles. The Morgan fingerprint density at radius 2 is 1.06 bits per heavy atom. The number of aryl methyl sites for hydroxylation is 2. The molecular weight excluding hydrogens is 812 g/mol. The van der Waals surface area contributed by atoms with Crippen molar-refractivity contribution < 1.29 is 9.47 Å². The lowest BCUT2D eigenvalue weighted by Gasteiger charge is -2.45. The number of thiophene rings is 1. The second kappa shape index (κ2) is 15.0. The number of anilines is 6. The van der Waals surface area contributed by atoms with Gasteiger partial charge in [0.1, 0.15) is 0 Å². The summed E-state index contributed by atoms with van der Waals surface area (Å²) < 4.78 is 14.5. The first-order valence-electron chi connectivity index (χ1n) is 23.7. The van der Waals surface area contributed by atoms with Gasteiger partial charge in [0.25, 0.3) is 6.71 Å². The van der Waals surface area contributed by atoms with Crippen molar-refractivity contribution in [3.05, 3.63) is 137 Å². The monoisotopic (exact) mass is 876 g/mol. The lowest BCUT2D eigenvalue weighted by Crippen LogP contribution is -2.61. The van der Waals surface area contributed by atoms with Crippen LogP contribution in [-0.2, 0) is 21.7 Å². The van der Waals surface area contributed by atoms with Gasteiger partial charge >= 0.3 is 0 Å². The second-order valence-electron chi connectivity index (χ2n) is 23.0. The number of hydrogen-bond donors (Lipinski definition) is 0. The number of nitrogens with zero attached hydrogens (tertiary/aromatic N) is 2. The summed E-state index contributed by atoms with van der Waals surface area (Å²) in [5.41, 5.74) is 20.0. The average Bonchev–Trinajstić information content (AvgIpc) is 3.45. The molecule has 6 aromatic carbocycles. The Morgan fingerprint density at radius 3 is 1.68 bits per heavy atom. The molecule has 65 heavy (non-hydrogen) atoms. The molecule has 1 aromatic heterocycles. The standard InChI is InChI=1S/C59H65BN2O2S/c1-35-27-40(58(9,10)11)28-36(2)54(35)62-48-32-41(59(12,13)14)31-47-53(48)60(52-43-30-39(57(6,7)8)22-24-51(43)65-55(52)62)44-33-49-50(64-26-18-25-63-49)34-46(44)61(47)45-23-21-38(56(3,4)5)29-42(45)37-19-16-15-17-20-37/h15-17,19-24,27-34H,18,25-26H2,1-14H3. The molecule has 0 N–H and O–H groups in total. The lowest BCUT2D eigenvalue weighted by atomic mass is 9.33. The molecule has 0 saturated heterocycles. The first-order chi connectivity index (χ1) is 30.6. The van der Waals surface area contributed by atoms with E-state index in [9.17, 15) is 0 Å². The molecule has 0 fully saturated rings. The van der Waals surface area contributed by atoms with Crippen LogP contribution in [0.25, 0.3) is 21.2 Å². The predicted molar refractivity (Wildman–Crippen MR) is 281 cm³/mol. The van der Waals surface area contributed by atoms with Crippen molar-refractivity contribution in [2.45, 2.75) is 125 Å². The first-order valence-corrected chi connectivity index (χ1v) is 24.5. The third kappa shape index (κ3) is 7.26. The molecule has 0 bridgehead atoms. The lowest BCUT2D eigenvalue weighted by molar-refractivity contribution is 0.297. The molecule has 0 aliphatic carbocycles. The van der Waals surface area contributed by atoms with Gasteiger partial charge in [-0.15, -0.1) is 11.3 Å². The summed E-state index contributed by atoms with van der Waals surface area (Å²) in [7, 11) is 0. The zero-order chi connectivity index (χ0) is 46.1. The molecule has 0 radical (unpaired) electrons. The Balaban J connectivity index is 1.39. The Kier molecular flexibility index (Phi) is 10.0. The zero-order valence-electron chi connectivity index (χ0n) is 41.1. The van der Waals surface area contributed by atoms with Crippen LogP contribution in [0, 0.1) is 13.8 Å². The topological polar surface area (TPSA) is 24.9 Å². The highest BCUT2D eigenvalue weighted by Crippen LogP contribution is 2.53. The quantitative estimate of drug-likeness (QED) is 0.165. The highest BCUT2D eigenvalue weighted by molar-refractivity contribution is 7.26. The minimum atomic E-state index is -0.149. The number of rotatable bonds is 3. The van der Waals surface area contributed by atoms with Crippen LogP contribution in [0.1, 0.15) is 123 Å². The second-order valence-corrected chi connectivity index (χ2v) is 24.1. The zero-order valence-corrected chi connectivity index (χ0v) is 41.9. The van der Waals surface area contributed by atoms with Gasteiger partial charge in [0.15, 0.2) is 11.5 Å². The summed E-state index contributed by atoms with van der Waals surface area (Å²) in [5, 5.41) is 2.62. The fraction of sp³-hybridized carbons (Fsp3) is 0.356. The van der Waals surface area contributed by atoms with Crippen LogP contribution in [0.3, 0.4) is 0 Å². The third-order valence-electron chi connectivity index (χ3n) is 14.1. The predicted octanol–water partition coefficient (Wildman–Crippen LogP) is 14.6. The van der Waals surface area contributed by atoms with E-state index in [1.165, 1.54) is 93.0 Å². The van der Waals surface area contributed by atoms with Crippen LogP contribution in [0.2, 0.25) is 0 Å². The molecule has 6 heteroatoms. The molecule has 0 saturated carbocycles. The van der Waals surface area contributed by atoms with Gasteiger partial charge in [-0.1, -0.05) is 144 Å². The van der Waals surface area contributed by atoms with E-state index in [0.29, 0.717) is 13.2 Å². The number of fused-ring (bicyclic) bond motifs is 7. The maximum absolute atomic E-state index is 6.62. The summed E-state index contributed by atoms with van der Waals surface area (Å²) >= 11 is 1.94. The van der Waals surface area contributed by atoms with Crippen molar-refractivity contribution in [2.24, 2.45) is 0 Å². The van der Waals surface area contributed by atoms with Crippen LogP contribution in [0.4, 0.5) is 33.4 Å². The number of ether oxygens (including phenoxy) is 2. The van der Waals surface area contributed by atoms with Gasteiger partial charge in [-0.05, 0) is 133 Å². The molecule has 332 valence electrons. The Hall–Kier alpha value is -5.46. The SMILES string of the molecule is Cc1cc(C(C)(C)C)cc(C)c1N1c2cc(C(C)(C)C)cc3c2B(c2cc4c(cc2N3c2ccc(C(C)(C)C)cc2-c2ccccc2)OCCCO4)c2c1sc1ccc(C(C)(C)C)cc21. The molecule has 0 unspecified atom stereocenters. The molecule has 3 aliphatic rings. The molecule has 0 amide bonds. The fourth-order valence-electron chi connectivity index (χ4n) is 10.3. The van der Waals surface area contributed by atoms with E-state index < -0.39 is 0 Å². The largest absolute Gasteiger partial charge is 0.490 e. The third-order valence-corrected chi connectivity index (χ3v) is 15.2. The minimum Gasteiger partial charge on any atom is -0.490 e. The Labute approximate surface area is 392 Å². The van der Waals surface area contributed by atoms with E-state index in [2.05, 4.69) is 210 Å². The van der Waals surface area contributed by atoms with E-state index in [4.69, 9.17) is 9.47 Å². The highest BCUT2D eigenvalue weighted by Gasteiger charge is 2.47. The van der Waals surface area contributed by atoms with Crippen LogP contribution in [0.5, 0.6) is 11.5 Å². The first kappa shape index (κ1) is 43.4. The Morgan fingerprint density at radius 1 is 0.508 bits per heavy atom. The summed E-state index contributed by atoms with van der Waals surface area (Å²) in [6.07, 6.45) is 0.842. The maximum Gasteiger partial charge on any atom is 0.254 e. The maximum atomic E-state index is 6.62. The Bertz CT molecular complexity index is 3020. The summed E-state index contributed by atoms with van der Waals surface area (Å²) in [6.45, 7) is 33.8. The van der Waals surface area contributed by atoms with Crippen molar-refractivity contribution in [1.29, 1.82) is 0 Å². The van der Waals surface area contributed by atoms with E-state index in [0.717, 1.165) is 29.3 Å². The average molecular weight is 877 g/mol. The van der Waals surface area contributed by atoms with Gasteiger partial charge in [-0.2, -0.15) is 0 Å². The normalized spacial score (nSPS) is 14.9. The highest BCUT2D eigenvalue weighted by atomic mass is 32.1. The van der Waals surface area contributed by atoms with Gasteiger partial charge in [-0.25, -0.2) is 0 Å². The van der Waals surface area contributed by atoms with E-state index in [1.807, 2.05) is 11.3 Å². The van der Waals surface area contributed by atoms with E-state index in [-0.39, 0.29) is 28.4 Å². The minimum absolute atomic E-state index is 0.0190. The van der Waals surface area contributed by atoms with E-state index in [1.54, 1.807) is 0 Å². The van der Waals surface area contributed by atoms with Crippen molar-refractivity contribution in [3.8, 4) is 22.6 Å². The summed E-state index contributed by atoms with van der Waals surface area (Å²) in [4.78, 5) is 5.26. The molecule has 7 aromatic rings. The fourth-order valence-corrected chi connectivity index (χ4v) is 11.6. The van der Waals surface area contributed by atoms with Crippen molar-refractivity contribution in [3.63, 3.8) is 0 Å². The van der Waals surface area contributed by atoms with Crippen molar-refractivity contribution in [2.75, 3.05) is 23.0 Å². The summed E-state index contributed by atoms with van der Waals surface area (Å²) in [6, 6.07) is 40.0. The molecule has 4 heterocycles. The molecule has 10 rings (SSSR count). The molecular formula is C59H65BN2O2S. The van der Waals surface area contributed by atoms with Gasteiger partial charge in [-0.3, -0.25) is 0 Å². The number of hydrogen-bond acceptors (Lipinski definition) is 5.